The molecule has 1 unspecified atom stereocenters. The number of hydrogen-bond acceptors (Lipinski definition) is 2. The minimum Gasteiger partial charge on any atom is -0.465 e. The third-order valence-corrected chi connectivity index (χ3v) is 9.89. The van der Waals surface area contributed by atoms with Crippen LogP contribution in [0.5, 0.6) is 0 Å². The molecule has 0 aliphatic heterocycles. The zero-order valence-electron chi connectivity index (χ0n) is 31.1. The quantitative estimate of drug-likeness (QED) is 0.0507. The lowest BCUT2D eigenvalue weighted by atomic mass is 9.94. The molecule has 0 heterocycles. The highest BCUT2D eigenvalue weighted by molar-refractivity contribution is 5.72. The highest BCUT2D eigenvalue weighted by Crippen LogP contribution is 2.22. The zero-order chi connectivity index (χ0) is 32.0. The molecule has 0 aliphatic rings. The van der Waals surface area contributed by atoms with E-state index in [1.807, 2.05) is 0 Å². The highest BCUT2D eigenvalue weighted by atomic mass is 16.5. The van der Waals surface area contributed by atoms with E-state index in [-0.39, 0.29) is 11.9 Å². The van der Waals surface area contributed by atoms with E-state index >= 15 is 0 Å². The third kappa shape index (κ3) is 34.3. The number of rotatable bonds is 38. The molecule has 0 aromatic rings. The fraction of sp³-hybridized carbons (Fsp3) is 0.976. The second-order valence-electron chi connectivity index (χ2n) is 14.4. The first-order valence-corrected chi connectivity index (χ1v) is 20.9. The van der Waals surface area contributed by atoms with Gasteiger partial charge in [0.25, 0.3) is 0 Å². The lowest BCUT2D eigenvalue weighted by molar-refractivity contribution is -0.149. The Morgan fingerprint density at radius 3 is 0.841 bits per heavy atom. The van der Waals surface area contributed by atoms with Crippen LogP contribution in [-0.4, -0.2) is 12.6 Å². The molecule has 0 saturated carbocycles. The Hall–Kier alpha value is -0.530. The number of ether oxygens (including phenoxy) is 1. The minimum atomic E-state index is 0.112. The highest BCUT2D eigenvalue weighted by Gasteiger charge is 2.19. The monoisotopic (exact) mass is 621 g/mol. The molecule has 0 saturated heterocycles. The molecule has 2 heteroatoms. The van der Waals surface area contributed by atoms with Gasteiger partial charge in [0.1, 0.15) is 0 Å². The van der Waals surface area contributed by atoms with Crippen molar-refractivity contribution in [3.8, 4) is 0 Å². The van der Waals surface area contributed by atoms with Crippen molar-refractivity contribution in [2.24, 2.45) is 5.92 Å². The van der Waals surface area contributed by atoms with Crippen LogP contribution >= 0.6 is 0 Å². The Kier molecular flexibility index (Phi) is 38.2. The molecule has 0 aromatic carbocycles. The fourth-order valence-corrected chi connectivity index (χ4v) is 6.72. The van der Waals surface area contributed by atoms with Crippen molar-refractivity contribution in [3.63, 3.8) is 0 Å². The second-order valence-corrected chi connectivity index (χ2v) is 14.4. The summed E-state index contributed by atoms with van der Waals surface area (Å²) in [5.41, 5.74) is 0. The Morgan fingerprint density at radius 2 is 0.568 bits per heavy atom. The van der Waals surface area contributed by atoms with Gasteiger partial charge in [-0.05, 0) is 19.3 Å². The summed E-state index contributed by atoms with van der Waals surface area (Å²) < 4.78 is 5.80. The van der Waals surface area contributed by atoms with Gasteiger partial charge in [-0.2, -0.15) is 0 Å². The van der Waals surface area contributed by atoms with Gasteiger partial charge in [-0.1, -0.05) is 233 Å². The Morgan fingerprint density at radius 1 is 0.341 bits per heavy atom. The van der Waals surface area contributed by atoms with Crippen LogP contribution in [0.3, 0.4) is 0 Å². The smallest absolute Gasteiger partial charge is 0.308 e. The summed E-state index contributed by atoms with van der Waals surface area (Å²) in [4.78, 5) is 13.0. The SMILES string of the molecule is CCCCCCCCCCCCCCCCCCCCC(CCCCCCCCCCCC)C(=O)OCCCCCCCC. The van der Waals surface area contributed by atoms with Gasteiger partial charge in [-0.15, -0.1) is 0 Å². The van der Waals surface area contributed by atoms with Gasteiger partial charge in [0.05, 0.1) is 12.5 Å². The van der Waals surface area contributed by atoms with E-state index in [4.69, 9.17) is 4.74 Å². The maximum Gasteiger partial charge on any atom is 0.308 e. The largest absolute Gasteiger partial charge is 0.465 e. The summed E-state index contributed by atoms with van der Waals surface area (Å²) in [6, 6.07) is 0. The average molecular weight is 621 g/mol. The molecule has 2 nitrogen and oxygen atoms in total. The van der Waals surface area contributed by atoms with Crippen LogP contribution in [0.4, 0.5) is 0 Å². The molecular weight excluding hydrogens is 536 g/mol. The van der Waals surface area contributed by atoms with Crippen LogP contribution in [0.2, 0.25) is 0 Å². The van der Waals surface area contributed by atoms with Crippen LogP contribution in [0.25, 0.3) is 0 Å². The Labute approximate surface area is 279 Å². The topological polar surface area (TPSA) is 26.3 Å². The molecule has 0 spiro atoms. The number of carbonyl (C=O) groups is 1. The van der Waals surface area contributed by atoms with Gasteiger partial charge in [-0.3, -0.25) is 4.79 Å². The number of hydrogen-bond donors (Lipinski definition) is 0. The normalized spacial score (nSPS) is 12.2. The van der Waals surface area contributed by atoms with E-state index in [1.54, 1.807) is 0 Å². The van der Waals surface area contributed by atoms with Crippen LogP contribution in [-0.2, 0) is 9.53 Å². The van der Waals surface area contributed by atoms with E-state index in [1.165, 1.54) is 212 Å². The van der Waals surface area contributed by atoms with Gasteiger partial charge in [0.15, 0.2) is 0 Å². The predicted octanol–water partition coefficient (Wildman–Crippen LogP) is 15.2. The van der Waals surface area contributed by atoms with Crippen molar-refractivity contribution >= 4 is 5.97 Å². The molecule has 0 rings (SSSR count). The summed E-state index contributed by atoms with van der Waals surface area (Å²) in [5.74, 6) is 0.256. The molecule has 0 amide bonds. The minimum absolute atomic E-state index is 0.112. The van der Waals surface area contributed by atoms with Crippen LogP contribution < -0.4 is 0 Å². The summed E-state index contributed by atoms with van der Waals surface area (Å²) >= 11 is 0. The molecule has 0 bridgehead atoms. The molecule has 0 aliphatic carbocycles. The van der Waals surface area contributed by atoms with E-state index in [2.05, 4.69) is 20.8 Å². The van der Waals surface area contributed by atoms with Gasteiger partial charge in [0.2, 0.25) is 0 Å². The molecular formula is C42H84O2. The molecule has 0 radical (unpaired) electrons. The van der Waals surface area contributed by atoms with Crippen LogP contribution in [0.15, 0.2) is 0 Å². The summed E-state index contributed by atoms with van der Waals surface area (Å²) in [7, 11) is 0. The fourth-order valence-electron chi connectivity index (χ4n) is 6.72. The van der Waals surface area contributed by atoms with Gasteiger partial charge in [0, 0.05) is 0 Å². The first kappa shape index (κ1) is 43.5. The van der Waals surface area contributed by atoms with Crippen LogP contribution in [0.1, 0.15) is 252 Å². The average Bonchev–Trinajstić information content (AvgIpc) is 3.03. The van der Waals surface area contributed by atoms with E-state index < -0.39 is 0 Å². The molecule has 0 fully saturated rings. The molecule has 0 aromatic heterocycles. The molecule has 0 N–H and O–H groups in total. The number of unbranched alkanes of at least 4 members (excludes halogenated alkanes) is 31. The second kappa shape index (κ2) is 38.7. The van der Waals surface area contributed by atoms with Crippen molar-refractivity contribution in [2.45, 2.75) is 252 Å². The third-order valence-electron chi connectivity index (χ3n) is 9.89. The maximum atomic E-state index is 13.0. The van der Waals surface area contributed by atoms with Gasteiger partial charge >= 0.3 is 5.97 Å². The Bertz CT molecular complexity index is 530. The van der Waals surface area contributed by atoms with Crippen molar-refractivity contribution in [3.05, 3.63) is 0 Å². The first-order valence-electron chi connectivity index (χ1n) is 20.9. The maximum absolute atomic E-state index is 13.0. The lowest BCUT2D eigenvalue weighted by Crippen LogP contribution is -2.18. The Balaban J connectivity index is 3.90. The predicted molar refractivity (Wildman–Crippen MR) is 198 cm³/mol. The van der Waals surface area contributed by atoms with Gasteiger partial charge in [-0.25, -0.2) is 0 Å². The van der Waals surface area contributed by atoms with Crippen LogP contribution in [0, 0.1) is 5.92 Å². The van der Waals surface area contributed by atoms with E-state index in [0.29, 0.717) is 6.61 Å². The van der Waals surface area contributed by atoms with E-state index in [0.717, 1.165) is 19.3 Å². The standard InChI is InChI=1S/C42H84O2/c1-4-7-10-13-16-18-20-21-22-23-24-25-26-27-29-31-33-36-39-41(42(43)44-40-37-34-15-12-9-6-3)38-35-32-30-28-19-17-14-11-8-5-2/h41H,4-40H2,1-3H3. The van der Waals surface area contributed by atoms with Crippen molar-refractivity contribution in [2.75, 3.05) is 6.61 Å². The van der Waals surface area contributed by atoms with E-state index in [9.17, 15) is 4.79 Å². The van der Waals surface area contributed by atoms with Crippen molar-refractivity contribution < 1.29 is 9.53 Å². The number of carbonyl (C=O) groups excluding carboxylic acids is 1. The molecule has 1 atom stereocenters. The number of esters is 1. The summed E-state index contributed by atoms with van der Waals surface area (Å²) in [6.45, 7) is 7.49. The molecule has 264 valence electrons. The van der Waals surface area contributed by atoms with Crippen molar-refractivity contribution in [1.82, 2.24) is 0 Å². The zero-order valence-corrected chi connectivity index (χ0v) is 31.1. The van der Waals surface area contributed by atoms with Crippen molar-refractivity contribution in [1.29, 1.82) is 0 Å². The summed E-state index contributed by atoms with van der Waals surface area (Å²) in [5, 5.41) is 0. The summed E-state index contributed by atoms with van der Waals surface area (Å²) in [6.07, 6.45) is 48.5. The molecule has 44 heavy (non-hydrogen) atoms. The lowest BCUT2D eigenvalue weighted by Gasteiger charge is -2.16. The first-order chi connectivity index (χ1) is 21.8. The van der Waals surface area contributed by atoms with Gasteiger partial charge < -0.3 is 4.74 Å².